The topological polar surface area (TPSA) is 6.48 Å². The molecule has 0 aliphatic heterocycles. The number of anilines is 6. The van der Waals surface area contributed by atoms with Crippen molar-refractivity contribution in [3.05, 3.63) is 435 Å². The fourth-order valence-corrected chi connectivity index (χ4v) is 23.0. The third kappa shape index (κ3) is 11.5. The lowest BCUT2D eigenvalue weighted by molar-refractivity contribution is 0.660. The Hall–Kier alpha value is -14.5. The van der Waals surface area contributed by atoms with Crippen LogP contribution in [-0.2, 0) is 10.8 Å². The smallest absolute Gasteiger partial charge is 0.0540 e. The highest BCUT2D eigenvalue weighted by atomic mass is 32.1. The van der Waals surface area contributed by atoms with Crippen LogP contribution >= 0.6 is 22.7 Å². The van der Waals surface area contributed by atoms with Crippen molar-refractivity contribution in [2.24, 2.45) is 0 Å². The van der Waals surface area contributed by atoms with E-state index in [4.69, 9.17) is 0 Å². The Labute approximate surface area is 719 Å². The van der Waals surface area contributed by atoms with E-state index in [1.54, 1.807) is 0 Å². The number of fused-ring (bicyclic) bond motifs is 15. The van der Waals surface area contributed by atoms with Crippen molar-refractivity contribution in [3.63, 3.8) is 0 Å². The molecule has 122 heavy (non-hydrogen) atoms. The maximum atomic E-state index is 2.52. The number of benzene rings is 19. The summed E-state index contributed by atoms with van der Waals surface area (Å²) in [5.41, 5.74) is 41.3. The zero-order valence-electron chi connectivity index (χ0n) is 68.0. The van der Waals surface area contributed by atoms with Gasteiger partial charge in [0, 0.05) is 85.0 Å². The van der Waals surface area contributed by atoms with Crippen LogP contribution in [0.4, 0.5) is 34.1 Å². The van der Waals surface area contributed by atoms with Crippen LogP contribution in [0.5, 0.6) is 0 Å². The molecule has 4 heteroatoms. The molecule has 3 aliphatic rings. The van der Waals surface area contributed by atoms with Crippen LogP contribution in [0.2, 0.25) is 0 Å². The van der Waals surface area contributed by atoms with Crippen LogP contribution in [0.3, 0.4) is 0 Å². The first-order valence-electron chi connectivity index (χ1n) is 42.4. The van der Waals surface area contributed by atoms with E-state index in [9.17, 15) is 0 Å². The van der Waals surface area contributed by atoms with Crippen molar-refractivity contribution in [3.8, 4) is 134 Å². The van der Waals surface area contributed by atoms with E-state index in [0.29, 0.717) is 0 Å². The first-order valence-corrected chi connectivity index (χ1v) is 44.0. The summed E-state index contributed by atoms with van der Waals surface area (Å²) >= 11 is 3.79. The molecule has 0 saturated heterocycles. The molecule has 19 aromatic carbocycles. The minimum absolute atomic E-state index is 0.248. The molecule has 0 saturated carbocycles. The summed E-state index contributed by atoms with van der Waals surface area (Å²) in [5, 5.41) is 7.76. The van der Waals surface area contributed by atoms with Gasteiger partial charge in [0.25, 0.3) is 0 Å². The Bertz CT molecular complexity index is 7820. The van der Waals surface area contributed by atoms with E-state index in [2.05, 4.69) is 450 Å². The summed E-state index contributed by atoms with van der Waals surface area (Å²) in [7, 11) is 0. The molecule has 21 aromatic rings. The van der Waals surface area contributed by atoms with Crippen LogP contribution in [0, 0.1) is 0 Å². The summed E-state index contributed by atoms with van der Waals surface area (Å²) in [5.74, 6) is 0. The normalized spacial score (nSPS) is 13.0. The van der Waals surface area contributed by atoms with Crippen LogP contribution in [0.15, 0.2) is 413 Å². The molecule has 0 radical (unpaired) electrons. The molecule has 2 nitrogen and oxygen atoms in total. The van der Waals surface area contributed by atoms with Crippen LogP contribution in [0.1, 0.15) is 49.9 Å². The van der Waals surface area contributed by atoms with Crippen LogP contribution in [-0.4, -0.2) is 0 Å². The Kier molecular flexibility index (Phi) is 16.5. The second kappa shape index (κ2) is 28.1. The maximum absolute atomic E-state index is 2.52. The van der Waals surface area contributed by atoms with Gasteiger partial charge >= 0.3 is 0 Å². The standard InChI is InChI=1S/C118H80N2S2/c1-117(2)107-69-84(73-21-8-5-9-22-73)52-61-95(107)98-64-59-90(72-110(98)117)120(88-56-49-77(50-57-88)75-39-43-79(44-40-75)92-31-17-34-102-99-29-14-15-38-112(99)121-114(92)102)111-66-65-101-106-68-83(51-60-94(106)100-33-20-37-105(111)113(100)101)81-25-16-26-82(67-81)85-53-62-96-97-63-58-89(71-109(97)118(3,4)108(96)70-85)119(86-27-12-7-13-28-86)87-54-47-76(48-55-87)74-41-45-80(46-42-74)93-32-19-36-104-103-35-18-30-91(115(103)122-116(93)104)78-23-10-6-11-24-78/h5-72H,1-4H3. The Balaban J connectivity index is 0.523. The van der Waals surface area contributed by atoms with Gasteiger partial charge in [-0.2, -0.15) is 0 Å². The molecule has 3 aliphatic carbocycles. The van der Waals surface area contributed by atoms with Crippen molar-refractivity contribution in [1.29, 1.82) is 0 Å². The predicted octanol–water partition coefficient (Wildman–Crippen LogP) is 34.1. The summed E-state index contributed by atoms with van der Waals surface area (Å²) in [6, 6.07) is 155. The molecule has 0 N–H and O–H groups in total. The maximum Gasteiger partial charge on any atom is 0.0540 e. The van der Waals surface area contributed by atoms with Gasteiger partial charge in [-0.3, -0.25) is 0 Å². The molecule has 0 atom stereocenters. The van der Waals surface area contributed by atoms with Crippen molar-refractivity contribution >= 4 is 108 Å². The molecule has 0 amide bonds. The highest BCUT2D eigenvalue weighted by Gasteiger charge is 2.39. The van der Waals surface area contributed by atoms with E-state index < -0.39 is 0 Å². The fraction of sp³-hybridized carbons (Fsp3) is 0.0508. The summed E-state index contributed by atoms with van der Waals surface area (Å²) in [6.07, 6.45) is 0. The summed E-state index contributed by atoms with van der Waals surface area (Å²) in [6.45, 7) is 9.62. The molecule has 0 fully saturated rings. The third-order valence-electron chi connectivity index (χ3n) is 26.7. The molecule has 2 aromatic heterocycles. The van der Waals surface area contributed by atoms with Gasteiger partial charge in [-0.1, -0.05) is 343 Å². The average molecular weight is 1590 g/mol. The molecular weight excluding hydrogens is 1510 g/mol. The zero-order chi connectivity index (χ0) is 81.1. The first-order chi connectivity index (χ1) is 60.0. The molecule has 2 heterocycles. The minimum Gasteiger partial charge on any atom is -0.310 e. The highest BCUT2D eigenvalue weighted by molar-refractivity contribution is 7.27. The quantitative estimate of drug-likeness (QED) is 0.107. The van der Waals surface area contributed by atoms with Gasteiger partial charge in [0.05, 0.1) is 5.69 Å². The third-order valence-corrected chi connectivity index (χ3v) is 29.2. The average Bonchev–Trinajstić information content (AvgIpc) is 1.57. The number of thiophene rings is 2. The summed E-state index contributed by atoms with van der Waals surface area (Å²) in [4.78, 5) is 4.93. The molecule has 0 bridgehead atoms. The second-order valence-electron chi connectivity index (χ2n) is 34.2. The van der Waals surface area contributed by atoms with E-state index >= 15 is 0 Å². The Morgan fingerprint density at radius 2 is 0.500 bits per heavy atom. The lowest BCUT2D eigenvalue weighted by Crippen LogP contribution is -2.17. The number of hydrogen-bond acceptors (Lipinski definition) is 4. The fourth-order valence-electron chi connectivity index (χ4n) is 20.4. The number of rotatable bonds is 14. The lowest BCUT2D eigenvalue weighted by atomic mass is 9.81. The number of para-hydroxylation sites is 1. The Morgan fingerprint density at radius 1 is 0.180 bits per heavy atom. The van der Waals surface area contributed by atoms with Crippen molar-refractivity contribution in [2.45, 2.75) is 38.5 Å². The molecule has 0 spiro atoms. The number of nitrogens with zero attached hydrogens (tertiary/aromatic N) is 2. The van der Waals surface area contributed by atoms with Crippen molar-refractivity contribution in [2.75, 3.05) is 9.80 Å². The van der Waals surface area contributed by atoms with E-state index in [1.165, 1.54) is 207 Å². The van der Waals surface area contributed by atoms with Gasteiger partial charge in [-0.05, 0) is 258 Å². The van der Waals surface area contributed by atoms with Crippen LogP contribution < -0.4 is 9.80 Å². The molecule has 24 rings (SSSR count). The van der Waals surface area contributed by atoms with E-state index in [1.807, 2.05) is 22.7 Å². The summed E-state index contributed by atoms with van der Waals surface area (Å²) < 4.78 is 5.31. The van der Waals surface area contributed by atoms with Crippen molar-refractivity contribution < 1.29 is 0 Å². The van der Waals surface area contributed by atoms with Gasteiger partial charge in [0.1, 0.15) is 0 Å². The molecule has 0 unspecified atom stereocenters. The van der Waals surface area contributed by atoms with Gasteiger partial charge in [0.2, 0.25) is 0 Å². The SMILES string of the molecule is CC1(C)c2cc(-c3cccc(-c4ccc5c(c4)-c4ccc(N(c6ccc(-c7ccc(-c8cccc9c8sc8ccccc89)cc7)cc6)c6ccc7c(c6)C(C)(C)c6cc(-c8ccccc8)ccc6-7)c6cccc-5c46)c3)ccc2-c2ccc(N(c3ccccc3)c3ccc(-c4ccc(-c5cccc6c5sc5c(-c7ccccc7)cccc56)cc4)cc3)cc21. The van der Waals surface area contributed by atoms with Gasteiger partial charge < -0.3 is 9.80 Å². The van der Waals surface area contributed by atoms with Gasteiger partial charge in [-0.15, -0.1) is 22.7 Å². The first kappa shape index (κ1) is 71.6. The molecular formula is C118H80N2S2. The predicted molar refractivity (Wildman–Crippen MR) is 522 cm³/mol. The largest absolute Gasteiger partial charge is 0.310 e. The molecule has 574 valence electrons. The van der Waals surface area contributed by atoms with Gasteiger partial charge in [-0.25, -0.2) is 0 Å². The van der Waals surface area contributed by atoms with E-state index in [-0.39, 0.29) is 10.8 Å². The van der Waals surface area contributed by atoms with E-state index in [0.717, 1.165) is 34.1 Å². The zero-order valence-corrected chi connectivity index (χ0v) is 69.6. The lowest BCUT2D eigenvalue weighted by Gasteiger charge is -2.29. The number of hydrogen-bond donors (Lipinski definition) is 0. The van der Waals surface area contributed by atoms with Crippen LogP contribution in [0.25, 0.3) is 185 Å². The minimum atomic E-state index is -0.276. The monoisotopic (exact) mass is 1590 g/mol. The highest BCUT2D eigenvalue weighted by Crippen LogP contribution is 2.58. The van der Waals surface area contributed by atoms with Crippen molar-refractivity contribution in [1.82, 2.24) is 0 Å². The Morgan fingerprint density at radius 3 is 1.05 bits per heavy atom. The van der Waals surface area contributed by atoms with Gasteiger partial charge in [0.15, 0.2) is 0 Å². The second-order valence-corrected chi connectivity index (χ2v) is 36.2.